The molecule has 2 aromatic heterocycles. The number of hydrogen-bond acceptors (Lipinski definition) is 4. The SMILES string of the molecule is Nc1nc2c(F)c(Br)cc(-c3ccccn3)c2s1. The third-order valence-corrected chi connectivity index (χ3v) is 4.01. The zero-order valence-corrected chi connectivity index (χ0v) is 11.4. The lowest BCUT2D eigenvalue weighted by atomic mass is 10.1. The largest absolute Gasteiger partial charge is 0.375 e. The molecule has 18 heavy (non-hydrogen) atoms. The summed E-state index contributed by atoms with van der Waals surface area (Å²) in [7, 11) is 0. The lowest BCUT2D eigenvalue weighted by Gasteiger charge is -2.04. The molecule has 6 heteroatoms. The first kappa shape index (κ1) is 11.6. The number of anilines is 1. The third kappa shape index (κ3) is 1.77. The molecule has 2 N–H and O–H groups in total. The number of hydrogen-bond donors (Lipinski definition) is 1. The average Bonchev–Trinajstić information content (AvgIpc) is 2.77. The van der Waals surface area contributed by atoms with Gasteiger partial charge in [-0.15, -0.1) is 0 Å². The topological polar surface area (TPSA) is 51.8 Å². The Balaban J connectivity index is 2.39. The number of benzene rings is 1. The fourth-order valence-electron chi connectivity index (χ4n) is 1.75. The van der Waals surface area contributed by atoms with E-state index in [-0.39, 0.29) is 5.52 Å². The quantitative estimate of drug-likeness (QED) is 0.740. The van der Waals surface area contributed by atoms with Crippen LogP contribution in [-0.4, -0.2) is 9.97 Å². The van der Waals surface area contributed by atoms with Gasteiger partial charge in [-0.1, -0.05) is 17.4 Å². The molecule has 0 unspecified atom stereocenters. The maximum absolute atomic E-state index is 13.9. The Hall–Kier alpha value is -1.53. The maximum Gasteiger partial charge on any atom is 0.181 e. The second kappa shape index (κ2) is 4.29. The number of rotatable bonds is 1. The number of nitrogens with two attached hydrogens (primary N) is 1. The Bertz CT molecular complexity index is 727. The van der Waals surface area contributed by atoms with Gasteiger partial charge in [0.1, 0.15) is 5.52 Å². The molecule has 0 spiro atoms. The first-order valence-electron chi connectivity index (χ1n) is 5.12. The van der Waals surface area contributed by atoms with Crippen LogP contribution < -0.4 is 5.73 Å². The number of nitrogen functional groups attached to an aromatic ring is 1. The van der Waals surface area contributed by atoms with Crippen LogP contribution in [0.3, 0.4) is 0 Å². The molecule has 0 fully saturated rings. The lowest BCUT2D eigenvalue weighted by molar-refractivity contribution is 0.631. The zero-order chi connectivity index (χ0) is 12.7. The molecule has 0 aliphatic heterocycles. The van der Waals surface area contributed by atoms with Crippen LogP contribution in [0.4, 0.5) is 9.52 Å². The molecule has 0 bridgehead atoms. The van der Waals surface area contributed by atoms with E-state index in [9.17, 15) is 4.39 Å². The predicted octanol–water partition coefficient (Wildman–Crippen LogP) is 3.84. The highest BCUT2D eigenvalue weighted by Crippen LogP contribution is 2.37. The molecule has 1 aromatic carbocycles. The Labute approximate surface area is 115 Å². The van der Waals surface area contributed by atoms with Crippen molar-refractivity contribution in [3.8, 4) is 11.3 Å². The zero-order valence-electron chi connectivity index (χ0n) is 9.02. The van der Waals surface area contributed by atoms with E-state index in [1.54, 1.807) is 12.3 Å². The van der Waals surface area contributed by atoms with Crippen molar-refractivity contribution >= 4 is 42.6 Å². The summed E-state index contributed by atoms with van der Waals surface area (Å²) in [6.45, 7) is 0. The minimum absolute atomic E-state index is 0.285. The summed E-state index contributed by atoms with van der Waals surface area (Å²) in [5, 5.41) is 0.346. The van der Waals surface area contributed by atoms with Crippen molar-refractivity contribution in [2.75, 3.05) is 5.73 Å². The van der Waals surface area contributed by atoms with Crippen molar-refractivity contribution in [1.29, 1.82) is 0 Å². The van der Waals surface area contributed by atoms with Gasteiger partial charge in [-0.2, -0.15) is 0 Å². The van der Waals surface area contributed by atoms with Crippen LogP contribution in [0.15, 0.2) is 34.9 Å². The number of thiazole rings is 1. The van der Waals surface area contributed by atoms with Gasteiger partial charge in [0.05, 0.1) is 14.9 Å². The minimum Gasteiger partial charge on any atom is -0.375 e. The van der Waals surface area contributed by atoms with Gasteiger partial charge in [0.15, 0.2) is 10.9 Å². The van der Waals surface area contributed by atoms with Crippen molar-refractivity contribution in [2.24, 2.45) is 0 Å². The van der Waals surface area contributed by atoms with E-state index in [1.807, 2.05) is 18.2 Å². The van der Waals surface area contributed by atoms with Crippen molar-refractivity contribution < 1.29 is 4.39 Å². The van der Waals surface area contributed by atoms with E-state index in [4.69, 9.17) is 5.73 Å². The predicted molar refractivity (Wildman–Crippen MR) is 74.9 cm³/mol. The summed E-state index contributed by atoms with van der Waals surface area (Å²) in [5.74, 6) is -0.391. The summed E-state index contributed by atoms with van der Waals surface area (Å²) in [4.78, 5) is 8.30. The number of fused-ring (bicyclic) bond motifs is 1. The average molecular weight is 324 g/mol. The summed E-state index contributed by atoms with van der Waals surface area (Å²) in [6.07, 6.45) is 1.70. The van der Waals surface area contributed by atoms with Crippen molar-refractivity contribution in [1.82, 2.24) is 9.97 Å². The Morgan fingerprint density at radius 1 is 1.33 bits per heavy atom. The number of halogens is 2. The highest BCUT2D eigenvalue weighted by Gasteiger charge is 2.16. The fourth-order valence-corrected chi connectivity index (χ4v) is 3.02. The molecule has 3 nitrogen and oxygen atoms in total. The highest BCUT2D eigenvalue weighted by atomic mass is 79.9. The Morgan fingerprint density at radius 3 is 2.89 bits per heavy atom. The van der Waals surface area contributed by atoms with E-state index in [0.717, 1.165) is 11.3 Å². The molecule has 0 amide bonds. The van der Waals surface area contributed by atoms with E-state index in [0.29, 0.717) is 14.3 Å². The summed E-state index contributed by atoms with van der Waals surface area (Å²) in [5.41, 5.74) is 7.54. The Morgan fingerprint density at radius 2 is 2.17 bits per heavy atom. The van der Waals surface area contributed by atoms with Crippen LogP contribution in [0.5, 0.6) is 0 Å². The van der Waals surface area contributed by atoms with Gasteiger partial charge in [0.2, 0.25) is 0 Å². The van der Waals surface area contributed by atoms with Gasteiger partial charge in [-0.3, -0.25) is 4.98 Å². The van der Waals surface area contributed by atoms with Crippen LogP contribution in [0.25, 0.3) is 21.5 Å². The molecule has 2 heterocycles. The monoisotopic (exact) mass is 323 g/mol. The van der Waals surface area contributed by atoms with E-state index in [1.165, 1.54) is 11.3 Å². The van der Waals surface area contributed by atoms with Gasteiger partial charge in [0.25, 0.3) is 0 Å². The molecule has 3 aromatic rings. The maximum atomic E-state index is 13.9. The summed E-state index contributed by atoms with van der Waals surface area (Å²) >= 11 is 4.46. The van der Waals surface area contributed by atoms with Gasteiger partial charge < -0.3 is 5.73 Å². The third-order valence-electron chi connectivity index (χ3n) is 2.52. The van der Waals surface area contributed by atoms with Crippen molar-refractivity contribution in [2.45, 2.75) is 0 Å². The van der Waals surface area contributed by atoms with Gasteiger partial charge >= 0.3 is 0 Å². The molecule has 3 rings (SSSR count). The molecule has 0 aliphatic rings. The molecular weight excluding hydrogens is 317 g/mol. The molecular formula is C12H7BrFN3S. The summed E-state index contributed by atoms with van der Waals surface area (Å²) in [6, 6.07) is 7.29. The molecule has 0 radical (unpaired) electrons. The second-order valence-electron chi connectivity index (χ2n) is 3.66. The fraction of sp³-hybridized carbons (Fsp3) is 0. The molecule has 90 valence electrons. The van der Waals surface area contributed by atoms with Gasteiger partial charge in [0, 0.05) is 11.8 Å². The van der Waals surface area contributed by atoms with Gasteiger partial charge in [-0.05, 0) is 34.1 Å². The normalized spacial score (nSPS) is 11.0. The minimum atomic E-state index is -0.391. The van der Waals surface area contributed by atoms with E-state index in [2.05, 4.69) is 25.9 Å². The van der Waals surface area contributed by atoms with E-state index >= 15 is 0 Å². The molecule has 0 saturated heterocycles. The van der Waals surface area contributed by atoms with Gasteiger partial charge in [-0.25, -0.2) is 9.37 Å². The van der Waals surface area contributed by atoms with Crippen LogP contribution in [-0.2, 0) is 0 Å². The van der Waals surface area contributed by atoms with Crippen molar-refractivity contribution in [3.05, 3.63) is 40.8 Å². The molecule has 0 atom stereocenters. The Kier molecular flexibility index (Phi) is 2.76. The van der Waals surface area contributed by atoms with Crippen LogP contribution in [0.2, 0.25) is 0 Å². The first-order chi connectivity index (χ1) is 8.66. The van der Waals surface area contributed by atoms with Crippen LogP contribution in [0.1, 0.15) is 0 Å². The van der Waals surface area contributed by atoms with E-state index < -0.39 is 5.82 Å². The highest BCUT2D eigenvalue weighted by molar-refractivity contribution is 9.10. The smallest absolute Gasteiger partial charge is 0.181 e. The van der Waals surface area contributed by atoms with Crippen LogP contribution >= 0.6 is 27.3 Å². The summed E-state index contributed by atoms with van der Waals surface area (Å²) < 4.78 is 15.0. The molecule has 0 aliphatic carbocycles. The second-order valence-corrected chi connectivity index (χ2v) is 5.55. The number of pyridine rings is 1. The lowest BCUT2D eigenvalue weighted by Crippen LogP contribution is -1.87. The van der Waals surface area contributed by atoms with Crippen LogP contribution in [0, 0.1) is 5.82 Å². The first-order valence-corrected chi connectivity index (χ1v) is 6.73. The molecule has 0 saturated carbocycles. The van der Waals surface area contributed by atoms with Crippen molar-refractivity contribution in [3.63, 3.8) is 0 Å². The number of aromatic nitrogens is 2. The standard InChI is InChI=1S/C12H7BrFN3S/c13-7-5-6(8-3-1-2-4-16-8)11-10(9(7)14)17-12(15)18-11/h1-5H,(H2,15,17). The number of nitrogens with zero attached hydrogens (tertiary/aromatic N) is 2.